The number of nitrogens with one attached hydrogen (secondary N) is 1. The Hall–Kier alpha value is -2.79. The van der Waals surface area contributed by atoms with E-state index in [0.717, 1.165) is 35.2 Å². The fraction of sp³-hybridized carbons (Fsp3) is 0.238. The van der Waals surface area contributed by atoms with E-state index in [-0.39, 0.29) is 6.03 Å². The molecule has 6 heteroatoms. The third-order valence-corrected chi connectivity index (χ3v) is 5.13. The largest absolute Gasteiger partial charge is 0.366 e. The highest BCUT2D eigenvalue weighted by atomic mass is 35.5. The van der Waals surface area contributed by atoms with Crippen LogP contribution >= 0.6 is 11.6 Å². The summed E-state index contributed by atoms with van der Waals surface area (Å²) in [6.45, 7) is 3.48. The molecule has 3 aromatic rings. The van der Waals surface area contributed by atoms with Crippen LogP contribution in [0.4, 0.5) is 10.5 Å². The lowest BCUT2D eigenvalue weighted by molar-refractivity contribution is 0.194. The Kier molecular flexibility index (Phi) is 5.12. The lowest BCUT2D eigenvalue weighted by Gasteiger charge is -2.36. The van der Waals surface area contributed by atoms with Crippen LogP contribution in [0.2, 0.25) is 5.02 Å². The van der Waals surface area contributed by atoms with E-state index < -0.39 is 0 Å². The quantitative estimate of drug-likeness (QED) is 0.749. The summed E-state index contributed by atoms with van der Waals surface area (Å²) < 4.78 is 0. The first-order valence-electron chi connectivity index (χ1n) is 9.06. The van der Waals surface area contributed by atoms with Crippen molar-refractivity contribution in [1.29, 1.82) is 0 Å². The Labute approximate surface area is 163 Å². The molecule has 0 aliphatic carbocycles. The zero-order valence-corrected chi connectivity index (χ0v) is 15.7. The fourth-order valence-electron chi connectivity index (χ4n) is 3.39. The summed E-state index contributed by atoms with van der Waals surface area (Å²) in [5, 5.41) is 4.82. The van der Waals surface area contributed by atoms with Gasteiger partial charge in [-0.1, -0.05) is 41.9 Å². The smallest absolute Gasteiger partial charge is 0.317 e. The first kappa shape index (κ1) is 17.6. The van der Waals surface area contributed by atoms with Gasteiger partial charge in [0.1, 0.15) is 0 Å². The molecule has 138 valence electrons. The molecule has 0 spiro atoms. The van der Waals surface area contributed by atoms with Gasteiger partial charge >= 0.3 is 6.03 Å². The van der Waals surface area contributed by atoms with Crippen LogP contribution in [0.3, 0.4) is 0 Å². The van der Waals surface area contributed by atoms with Gasteiger partial charge in [0.25, 0.3) is 0 Å². The number of pyridine rings is 1. The summed E-state index contributed by atoms with van der Waals surface area (Å²) in [6, 6.07) is 17.8. The van der Waals surface area contributed by atoms with Gasteiger partial charge in [0.2, 0.25) is 0 Å². The van der Waals surface area contributed by atoms with Gasteiger partial charge in [-0.15, -0.1) is 0 Å². The number of para-hydroxylation sites is 1. The molecule has 27 heavy (non-hydrogen) atoms. The Morgan fingerprint density at radius 3 is 2.52 bits per heavy atom. The van der Waals surface area contributed by atoms with Gasteiger partial charge in [0.15, 0.2) is 0 Å². The maximum Gasteiger partial charge on any atom is 0.317 e. The highest BCUT2D eigenvalue weighted by Crippen LogP contribution is 2.25. The highest BCUT2D eigenvalue weighted by molar-refractivity contribution is 6.30. The number of aromatic nitrogens is 1. The Morgan fingerprint density at radius 2 is 1.74 bits per heavy atom. The normalized spacial score (nSPS) is 14.4. The molecule has 1 aliphatic rings. The molecule has 2 aromatic carbocycles. The number of carbonyl (C=O) groups is 1. The molecule has 0 radical (unpaired) electrons. The standard InChI is InChI=1S/C21H21ClN4O/c22-18-8-6-16(7-9-18)15-24-21(27)26-13-11-25(12-14-26)19-5-1-3-17-4-2-10-23-20(17)19/h1-10H,11-15H2,(H,24,27). The van der Waals surface area contributed by atoms with Crippen LogP contribution in [0.25, 0.3) is 10.9 Å². The van der Waals surface area contributed by atoms with Crippen molar-refractivity contribution < 1.29 is 4.79 Å². The number of halogens is 1. The van der Waals surface area contributed by atoms with Crippen molar-refractivity contribution >= 4 is 34.2 Å². The SMILES string of the molecule is O=C(NCc1ccc(Cl)cc1)N1CCN(c2cccc3cccnc23)CC1. The molecular formula is C21H21ClN4O. The van der Waals surface area contributed by atoms with Gasteiger partial charge < -0.3 is 15.1 Å². The third-order valence-electron chi connectivity index (χ3n) is 4.88. The number of nitrogens with zero attached hydrogens (tertiary/aromatic N) is 3. The summed E-state index contributed by atoms with van der Waals surface area (Å²) in [5.41, 5.74) is 3.18. The van der Waals surface area contributed by atoms with E-state index >= 15 is 0 Å². The van der Waals surface area contributed by atoms with Gasteiger partial charge in [-0.3, -0.25) is 4.98 Å². The zero-order chi connectivity index (χ0) is 18.6. The Morgan fingerprint density at radius 1 is 1.00 bits per heavy atom. The minimum atomic E-state index is -0.0272. The summed E-state index contributed by atoms with van der Waals surface area (Å²) >= 11 is 5.89. The maximum absolute atomic E-state index is 12.5. The van der Waals surface area contributed by atoms with Gasteiger partial charge in [0, 0.05) is 49.3 Å². The zero-order valence-electron chi connectivity index (χ0n) is 14.9. The number of hydrogen-bond acceptors (Lipinski definition) is 3. The van der Waals surface area contributed by atoms with Crippen molar-refractivity contribution in [1.82, 2.24) is 15.2 Å². The first-order valence-corrected chi connectivity index (χ1v) is 9.44. The van der Waals surface area contributed by atoms with Crippen LogP contribution < -0.4 is 10.2 Å². The molecule has 1 aromatic heterocycles. The molecule has 2 heterocycles. The van der Waals surface area contributed by atoms with Crippen LogP contribution in [0, 0.1) is 0 Å². The summed E-state index contributed by atoms with van der Waals surface area (Å²) in [5.74, 6) is 0. The lowest BCUT2D eigenvalue weighted by atomic mass is 10.1. The number of benzene rings is 2. The van der Waals surface area contributed by atoms with E-state index in [0.29, 0.717) is 24.7 Å². The van der Waals surface area contributed by atoms with E-state index in [1.807, 2.05) is 41.4 Å². The Bertz CT molecular complexity index is 931. The highest BCUT2D eigenvalue weighted by Gasteiger charge is 2.22. The lowest BCUT2D eigenvalue weighted by Crippen LogP contribution is -2.51. The summed E-state index contributed by atoms with van der Waals surface area (Å²) in [7, 11) is 0. The molecule has 1 fully saturated rings. The summed E-state index contributed by atoms with van der Waals surface area (Å²) in [4.78, 5) is 21.2. The second kappa shape index (κ2) is 7.84. The number of amides is 2. The molecule has 5 nitrogen and oxygen atoms in total. The van der Waals surface area contributed by atoms with E-state index in [4.69, 9.17) is 11.6 Å². The molecule has 1 aliphatic heterocycles. The topological polar surface area (TPSA) is 48.5 Å². The molecule has 0 saturated carbocycles. The number of anilines is 1. The summed E-state index contributed by atoms with van der Waals surface area (Å²) in [6.07, 6.45) is 1.83. The van der Waals surface area contributed by atoms with Crippen molar-refractivity contribution in [2.45, 2.75) is 6.54 Å². The number of urea groups is 1. The van der Waals surface area contributed by atoms with E-state index in [2.05, 4.69) is 39.5 Å². The van der Waals surface area contributed by atoms with Gasteiger partial charge in [-0.2, -0.15) is 0 Å². The molecular weight excluding hydrogens is 360 g/mol. The van der Waals surface area contributed by atoms with Gasteiger partial charge in [-0.05, 0) is 29.8 Å². The van der Waals surface area contributed by atoms with Crippen molar-refractivity contribution in [3.63, 3.8) is 0 Å². The molecule has 4 rings (SSSR count). The molecule has 0 bridgehead atoms. The second-order valence-corrected chi connectivity index (χ2v) is 7.05. The number of hydrogen-bond donors (Lipinski definition) is 1. The first-order chi connectivity index (χ1) is 13.2. The van der Waals surface area contributed by atoms with Gasteiger partial charge in [0.05, 0.1) is 11.2 Å². The monoisotopic (exact) mass is 380 g/mol. The third kappa shape index (κ3) is 3.98. The molecule has 1 N–H and O–H groups in total. The van der Waals surface area contributed by atoms with Crippen LogP contribution in [0.5, 0.6) is 0 Å². The van der Waals surface area contributed by atoms with Crippen LogP contribution in [0.1, 0.15) is 5.56 Å². The number of fused-ring (bicyclic) bond motifs is 1. The molecule has 0 unspecified atom stereocenters. The number of rotatable bonds is 3. The van der Waals surface area contributed by atoms with E-state index in [1.54, 1.807) is 0 Å². The molecule has 0 atom stereocenters. The van der Waals surface area contributed by atoms with E-state index in [1.165, 1.54) is 0 Å². The van der Waals surface area contributed by atoms with Crippen molar-refractivity contribution in [3.05, 3.63) is 71.4 Å². The fourth-order valence-corrected chi connectivity index (χ4v) is 3.51. The Balaban J connectivity index is 1.35. The maximum atomic E-state index is 12.5. The number of piperazine rings is 1. The average molecular weight is 381 g/mol. The predicted octanol–water partition coefficient (Wildman–Crippen LogP) is 3.92. The van der Waals surface area contributed by atoms with Crippen LogP contribution in [-0.4, -0.2) is 42.1 Å². The molecule has 2 amide bonds. The average Bonchev–Trinajstić information content (AvgIpc) is 2.73. The van der Waals surface area contributed by atoms with Gasteiger partial charge in [-0.25, -0.2) is 4.79 Å². The van der Waals surface area contributed by atoms with Crippen LogP contribution in [0.15, 0.2) is 60.8 Å². The predicted molar refractivity (Wildman–Crippen MR) is 109 cm³/mol. The van der Waals surface area contributed by atoms with Crippen molar-refractivity contribution in [2.75, 3.05) is 31.1 Å². The minimum Gasteiger partial charge on any atom is -0.366 e. The second-order valence-electron chi connectivity index (χ2n) is 6.61. The van der Waals surface area contributed by atoms with Crippen LogP contribution in [-0.2, 0) is 6.54 Å². The van der Waals surface area contributed by atoms with E-state index in [9.17, 15) is 4.79 Å². The van der Waals surface area contributed by atoms with Crippen molar-refractivity contribution in [2.24, 2.45) is 0 Å². The van der Waals surface area contributed by atoms with Crippen molar-refractivity contribution in [3.8, 4) is 0 Å². The molecule has 1 saturated heterocycles. The number of carbonyl (C=O) groups excluding carboxylic acids is 1. The minimum absolute atomic E-state index is 0.0272.